The van der Waals surface area contributed by atoms with Crippen LogP contribution in [0.1, 0.15) is 16.7 Å². The molecule has 3 rings (SSSR count). The summed E-state index contributed by atoms with van der Waals surface area (Å²) in [6.45, 7) is -0.429. The third-order valence-corrected chi connectivity index (χ3v) is 4.32. The molecule has 0 saturated heterocycles. The first-order chi connectivity index (χ1) is 14.0. The number of hydrogen-bond acceptors (Lipinski definition) is 2. The Morgan fingerprint density at radius 2 is 1.62 bits per heavy atom. The molecule has 0 saturated carbocycles. The quantitative estimate of drug-likeness (QED) is 0.472. The van der Waals surface area contributed by atoms with Gasteiger partial charge in [-0.05, 0) is 48.4 Å². The fourth-order valence-electron chi connectivity index (χ4n) is 2.81. The van der Waals surface area contributed by atoms with Gasteiger partial charge < -0.3 is 9.64 Å². The van der Waals surface area contributed by atoms with Gasteiger partial charge in [0.1, 0.15) is 5.75 Å². The summed E-state index contributed by atoms with van der Waals surface area (Å²) >= 11 is 0. The molecule has 5 heteroatoms. The number of anilines is 1. The normalized spacial score (nSPS) is 11.0. The second kappa shape index (κ2) is 9.64. The van der Waals surface area contributed by atoms with E-state index in [1.54, 1.807) is 23.1 Å². The van der Waals surface area contributed by atoms with Crippen LogP contribution < -0.4 is 9.64 Å². The van der Waals surface area contributed by atoms with Crippen molar-refractivity contribution >= 4 is 17.7 Å². The number of benzene rings is 3. The zero-order chi connectivity index (χ0) is 20.6. The summed E-state index contributed by atoms with van der Waals surface area (Å²) in [5.74, 6) is -0.0977. The van der Waals surface area contributed by atoms with Crippen molar-refractivity contribution in [3.63, 3.8) is 0 Å². The molecule has 29 heavy (non-hydrogen) atoms. The van der Waals surface area contributed by atoms with E-state index in [1.165, 1.54) is 18.2 Å². The standard InChI is InChI=1S/C24H21F2NO2/c1-18-7-12-21(13-8-18)27(17-20-5-3-2-4-6-20)23(28)16-11-19-9-14-22(15-10-19)29-24(25)26/h2-16,24H,17H2,1H3/b16-11+. The van der Waals surface area contributed by atoms with Gasteiger partial charge in [-0.2, -0.15) is 8.78 Å². The van der Waals surface area contributed by atoms with Crippen molar-refractivity contribution in [2.45, 2.75) is 20.1 Å². The van der Waals surface area contributed by atoms with Crippen molar-refractivity contribution in [2.75, 3.05) is 4.90 Å². The van der Waals surface area contributed by atoms with Gasteiger partial charge in [-0.3, -0.25) is 4.79 Å². The summed E-state index contributed by atoms with van der Waals surface area (Å²) in [5.41, 5.74) is 3.64. The Morgan fingerprint density at radius 1 is 0.966 bits per heavy atom. The molecular formula is C24H21F2NO2. The number of halogens is 2. The molecule has 3 aromatic rings. The smallest absolute Gasteiger partial charge is 0.387 e. The van der Waals surface area contributed by atoms with Gasteiger partial charge in [-0.1, -0.05) is 60.2 Å². The van der Waals surface area contributed by atoms with Crippen LogP contribution in [0.3, 0.4) is 0 Å². The van der Waals surface area contributed by atoms with Crippen LogP contribution >= 0.6 is 0 Å². The maximum absolute atomic E-state index is 12.9. The van der Waals surface area contributed by atoms with E-state index in [-0.39, 0.29) is 11.7 Å². The van der Waals surface area contributed by atoms with Gasteiger partial charge in [0.05, 0.1) is 6.54 Å². The molecule has 0 aliphatic heterocycles. The summed E-state index contributed by atoms with van der Waals surface area (Å²) in [6, 6.07) is 23.6. The van der Waals surface area contributed by atoms with Crippen molar-refractivity contribution in [2.24, 2.45) is 0 Å². The fraction of sp³-hybridized carbons (Fsp3) is 0.125. The van der Waals surface area contributed by atoms with Crippen LogP contribution in [-0.2, 0) is 11.3 Å². The number of carbonyl (C=O) groups excluding carboxylic acids is 1. The predicted molar refractivity (Wildman–Crippen MR) is 111 cm³/mol. The molecule has 0 heterocycles. The van der Waals surface area contributed by atoms with E-state index < -0.39 is 6.61 Å². The van der Waals surface area contributed by atoms with Gasteiger partial charge in [-0.15, -0.1) is 0 Å². The third kappa shape index (κ3) is 6.01. The first kappa shape index (κ1) is 20.3. The van der Waals surface area contributed by atoms with E-state index in [0.717, 1.165) is 16.8 Å². The maximum Gasteiger partial charge on any atom is 0.387 e. The summed E-state index contributed by atoms with van der Waals surface area (Å²) < 4.78 is 28.8. The summed E-state index contributed by atoms with van der Waals surface area (Å²) in [7, 11) is 0. The molecule has 1 amide bonds. The topological polar surface area (TPSA) is 29.5 Å². The van der Waals surface area contributed by atoms with Crippen LogP contribution in [-0.4, -0.2) is 12.5 Å². The summed E-state index contributed by atoms with van der Waals surface area (Å²) in [4.78, 5) is 14.6. The van der Waals surface area contributed by atoms with Crippen molar-refractivity contribution in [1.82, 2.24) is 0 Å². The number of aryl methyl sites for hydroxylation is 1. The molecule has 0 N–H and O–H groups in total. The van der Waals surface area contributed by atoms with E-state index >= 15 is 0 Å². The first-order valence-electron chi connectivity index (χ1n) is 9.16. The number of hydrogen-bond donors (Lipinski definition) is 0. The molecule has 148 valence electrons. The Hall–Kier alpha value is -3.47. The van der Waals surface area contributed by atoms with Gasteiger partial charge in [0.25, 0.3) is 5.91 Å². The molecule has 0 radical (unpaired) electrons. The predicted octanol–water partition coefficient (Wildman–Crippen LogP) is 5.84. The number of amides is 1. The minimum Gasteiger partial charge on any atom is -0.435 e. The highest BCUT2D eigenvalue weighted by Gasteiger charge is 2.14. The summed E-state index contributed by atoms with van der Waals surface area (Å²) in [6.07, 6.45) is 3.13. The van der Waals surface area contributed by atoms with Gasteiger partial charge in [0, 0.05) is 11.8 Å². The van der Waals surface area contributed by atoms with Crippen molar-refractivity contribution < 1.29 is 18.3 Å². The molecule has 0 aromatic heterocycles. The molecule has 3 aromatic carbocycles. The Bertz CT molecular complexity index is 952. The lowest BCUT2D eigenvalue weighted by atomic mass is 10.1. The van der Waals surface area contributed by atoms with E-state index in [1.807, 2.05) is 61.5 Å². The lowest BCUT2D eigenvalue weighted by molar-refractivity contribution is -0.114. The Labute approximate surface area is 168 Å². The van der Waals surface area contributed by atoms with E-state index in [2.05, 4.69) is 4.74 Å². The monoisotopic (exact) mass is 393 g/mol. The van der Waals surface area contributed by atoms with Crippen LogP contribution in [0, 0.1) is 6.92 Å². The zero-order valence-corrected chi connectivity index (χ0v) is 16.0. The molecule has 0 aliphatic carbocycles. The van der Waals surface area contributed by atoms with Gasteiger partial charge in [0.2, 0.25) is 0 Å². The molecule has 0 bridgehead atoms. The van der Waals surface area contributed by atoms with Crippen LogP contribution in [0.25, 0.3) is 6.08 Å². The first-order valence-corrected chi connectivity index (χ1v) is 9.16. The number of ether oxygens (including phenoxy) is 1. The largest absolute Gasteiger partial charge is 0.435 e. The number of alkyl halides is 2. The SMILES string of the molecule is Cc1ccc(N(Cc2ccccc2)C(=O)/C=C/c2ccc(OC(F)F)cc2)cc1. The van der Waals surface area contributed by atoms with E-state index in [0.29, 0.717) is 12.1 Å². The van der Waals surface area contributed by atoms with Crippen molar-refractivity contribution in [3.05, 3.63) is 102 Å². The van der Waals surface area contributed by atoms with Gasteiger partial charge >= 0.3 is 6.61 Å². The van der Waals surface area contributed by atoms with Crippen LogP contribution in [0.4, 0.5) is 14.5 Å². The second-order valence-corrected chi connectivity index (χ2v) is 6.53. The maximum atomic E-state index is 12.9. The van der Waals surface area contributed by atoms with Crippen LogP contribution in [0.5, 0.6) is 5.75 Å². The number of carbonyl (C=O) groups is 1. The molecule has 0 spiro atoms. The minimum atomic E-state index is -2.86. The highest BCUT2D eigenvalue weighted by atomic mass is 19.3. The van der Waals surface area contributed by atoms with Gasteiger partial charge in [-0.25, -0.2) is 0 Å². The van der Waals surface area contributed by atoms with Crippen molar-refractivity contribution in [1.29, 1.82) is 0 Å². The third-order valence-electron chi connectivity index (χ3n) is 4.32. The Morgan fingerprint density at radius 3 is 2.24 bits per heavy atom. The summed E-state index contributed by atoms with van der Waals surface area (Å²) in [5, 5.41) is 0. The lowest BCUT2D eigenvalue weighted by Gasteiger charge is -2.22. The molecule has 0 fully saturated rings. The Kier molecular flexibility index (Phi) is 6.74. The molecule has 0 unspecified atom stereocenters. The molecule has 0 aliphatic rings. The van der Waals surface area contributed by atoms with Crippen molar-refractivity contribution in [3.8, 4) is 5.75 Å². The molecular weight excluding hydrogens is 372 g/mol. The second-order valence-electron chi connectivity index (χ2n) is 6.53. The zero-order valence-electron chi connectivity index (χ0n) is 16.0. The van der Waals surface area contributed by atoms with Crippen LogP contribution in [0.15, 0.2) is 84.9 Å². The fourth-order valence-corrected chi connectivity index (χ4v) is 2.81. The van der Waals surface area contributed by atoms with E-state index in [9.17, 15) is 13.6 Å². The number of rotatable bonds is 7. The van der Waals surface area contributed by atoms with Gasteiger partial charge in [0.15, 0.2) is 0 Å². The minimum absolute atomic E-state index is 0.0776. The highest BCUT2D eigenvalue weighted by Crippen LogP contribution is 2.20. The van der Waals surface area contributed by atoms with E-state index in [4.69, 9.17) is 0 Å². The molecule has 0 atom stereocenters. The number of nitrogens with zero attached hydrogens (tertiary/aromatic N) is 1. The Balaban J connectivity index is 1.78. The van der Waals surface area contributed by atoms with Crippen LogP contribution in [0.2, 0.25) is 0 Å². The average Bonchev–Trinajstić information content (AvgIpc) is 2.72. The average molecular weight is 393 g/mol. The lowest BCUT2D eigenvalue weighted by Crippen LogP contribution is -2.28. The highest BCUT2D eigenvalue weighted by molar-refractivity contribution is 6.03. The molecule has 3 nitrogen and oxygen atoms in total.